The summed E-state index contributed by atoms with van der Waals surface area (Å²) in [6.07, 6.45) is 4.44. The molecule has 1 unspecified atom stereocenters. The molecule has 0 fully saturated rings. The lowest BCUT2D eigenvalue weighted by molar-refractivity contribution is 0.0806. The van der Waals surface area contributed by atoms with Crippen molar-refractivity contribution in [3.8, 4) is 0 Å². The lowest BCUT2D eigenvalue weighted by Crippen LogP contribution is -2.13. The summed E-state index contributed by atoms with van der Waals surface area (Å²) in [6, 6.07) is 0. The maximum atomic E-state index is 5.39. The van der Waals surface area contributed by atoms with Gasteiger partial charge in [-0.1, -0.05) is 6.08 Å². The lowest BCUT2D eigenvalue weighted by Gasteiger charge is -2.10. The average Bonchev–Trinajstić information content (AvgIpc) is 2.01. The summed E-state index contributed by atoms with van der Waals surface area (Å²) in [4.78, 5) is 0. The number of hydrogen-bond donors (Lipinski definition) is 1. The predicted octanol–water partition coefficient (Wildman–Crippen LogP) is 1.58. The van der Waals surface area contributed by atoms with Crippen LogP contribution in [0.5, 0.6) is 0 Å². The van der Waals surface area contributed by atoms with Gasteiger partial charge in [-0.15, -0.1) is 6.58 Å². The Labute approximate surface area is 69.6 Å². The quantitative estimate of drug-likeness (QED) is 0.447. The van der Waals surface area contributed by atoms with Crippen LogP contribution in [0.15, 0.2) is 12.7 Å². The van der Waals surface area contributed by atoms with Gasteiger partial charge in [-0.3, -0.25) is 0 Å². The van der Waals surface area contributed by atoms with Gasteiger partial charge in [0.2, 0.25) is 0 Å². The lowest BCUT2D eigenvalue weighted by atomic mass is 10.2. The third kappa shape index (κ3) is 7.56. The summed E-state index contributed by atoms with van der Waals surface area (Å²) in [5.41, 5.74) is 0. The summed E-state index contributed by atoms with van der Waals surface area (Å²) in [7, 11) is 1.97. The Hall–Kier alpha value is -0.340. The van der Waals surface area contributed by atoms with Gasteiger partial charge < -0.3 is 10.1 Å². The maximum Gasteiger partial charge on any atom is 0.0648 e. The van der Waals surface area contributed by atoms with Crippen molar-refractivity contribution in [3.63, 3.8) is 0 Å². The molecule has 0 aliphatic heterocycles. The number of rotatable bonds is 7. The highest BCUT2D eigenvalue weighted by Gasteiger charge is 1.98. The van der Waals surface area contributed by atoms with Gasteiger partial charge in [0.15, 0.2) is 0 Å². The van der Waals surface area contributed by atoms with E-state index < -0.39 is 0 Å². The van der Waals surface area contributed by atoms with Crippen molar-refractivity contribution < 1.29 is 4.74 Å². The molecule has 0 aliphatic carbocycles. The summed E-state index contributed by atoms with van der Waals surface area (Å²) < 4.78 is 5.39. The zero-order valence-corrected chi connectivity index (χ0v) is 7.60. The fourth-order valence-electron chi connectivity index (χ4n) is 0.882. The highest BCUT2D eigenvalue weighted by atomic mass is 16.5. The van der Waals surface area contributed by atoms with Crippen molar-refractivity contribution in [3.05, 3.63) is 12.7 Å². The smallest absolute Gasteiger partial charge is 0.0648 e. The normalized spacial score (nSPS) is 12.9. The van der Waals surface area contributed by atoms with Gasteiger partial charge in [0.05, 0.1) is 12.7 Å². The molecular formula is C9H19NO. The summed E-state index contributed by atoms with van der Waals surface area (Å²) in [6.45, 7) is 7.43. The van der Waals surface area contributed by atoms with E-state index in [1.54, 1.807) is 6.08 Å². The summed E-state index contributed by atoms with van der Waals surface area (Å²) in [5.74, 6) is 0. The second-order valence-electron chi connectivity index (χ2n) is 2.68. The molecule has 0 saturated carbocycles. The van der Waals surface area contributed by atoms with Gasteiger partial charge in [0.1, 0.15) is 0 Å². The molecule has 0 spiro atoms. The van der Waals surface area contributed by atoms with Crippen LogP contribution in [0.3, 0.4) is 0 Å². The van der Waals surface area contributed by atoms with Crippen molar-refractivity contribution >= 4 is 0 Å². The van der Waals surface area contributed by atoms with Crippen molar-refractivity contribution in [1.82, 2.24) is 5.32 Å². The van der Waals surface area contributed by atoms with Gasteiger partial charge in [-0.05, 0) is 33.4 Å². The summed E-state index contributed by atoms with van der Waals surface area (Å²) in [5, 5.41) is 3.10. The average molecular weight is 157 g/mol. The van der Waals surface area contributed by atoms with Crippen LogP contribution in [0.2, 0.25) is 0 Å². The van der Waals surface area contributed by atoms with Crippen molar-refractivity contribution in [2.75, 3.05) is 20.2 Å². The Morgan fingerprint density at radius 2 is 2.36 bits per heavy atom. The van der Waals surface area contributed by atoms with Crippen LogP contribution in [0.4, 0.5) is 0 Å². The van der Waals surface area contributed by atoms with Crippen molar-refractivity contribution in [1.29, 1.82) is 0 Å². The standard InChI is InChI=1S/C9H19NO/c1-4-8-11-9(2)6-5-7-10-3/h4,9-10H,1,5-8H2,2-3H3. The first kappa shape index (κ1) is 10.7. The van der Waals surface area contributed by atoms with Gasteiger partial charge in [-0.2, -0.15) is 0 Å². The molecule has 0 radical (unpaired) electrons. The molecule has 0 aromatic rings. The van der Waals surface area contributed by atoms with E-state index in [9.17, 15) is 0 Å². The number of hydrogen-bond acceptors (Lipinski definition) is 2. The van der Waals surface area contributed by atoms with Gasteiger partial charge in [0, 0.05) is 0 Å². The molecule has 2 heteroatoms. The third-order valence-electron chi connectivity index (χ3n) is 1.54. The van der Waals surface area contributed by atoms with Crippen molar-refractivity contribution in [2.45, 2.75) is 25.9 Å². The molecule has 1 N–H and O–H groups in total. The van der Waals surface area contributed by atoms with E-state index in [2.05, 4.69) is 18.8 Å². The van der Waals surface area contributed by atoms with E-state index in [1.807, 2.05) is 7.05 Å². The Morgan fingerprint density at radius 3 is 2.91 bits per heavy atom. The molecule has 66 valence electrons. The molecule has 0 saturated heterocycles. The van der Waals surface area contributed by atoms with Crippen LogP contribution in [-0.2, 0) is 4.74 Å². The zero-order valence-electron chi connectivity index (χ0n) is 7.60. The Morgan fingerprint density at radius 1 is 1.64 bits per heavy atom. The fourth-order valence-corrected chi connectivity index (χ4v) is 0.882. The van der Waals surface area contributed by atoms with E-state index in [0.717, 1.165) is 13.0 Å². The minimum absolute atomic E-state index is 0.362. The first-order valence-corrected chi connectivity index (χ1v) is 4.18. The monoisotopic (exact) mass is 157 g/mol. The molecule has 0 aromatic heterocycles. The molecule has 1 atom stereocenters. The minimum Gasteiger partial charge on any atom is -0.374 e. The first-order chi connectivity index (χ1) is 5.31. The maximum absolute atomic E-state index is 5.39. The van der Waals surface area contributed by atoms with Crippen LogP contribution in [0.25, 0.3) is 0 Å². The number of ether oxygens (including phenoxy) is 1. The molecule has 0 aliphatic rings. The second-order valence-corrected chi connectivity index (χ2v) is 2.68. The minimum atomic E-state index is 0.362. The predicted molar refractivity (Wildman–Crippen MR) is 48.8 cm³/mol. The highest BCUT2D eigenvalue weighted by molar-refractivity contribution is 4.65. The molecule has 0 amide bonds. The number of nitrogens with one attached hydrogen (secondary N) is 1. The zero-order chi connectivity index (χ0) is 8.53. The van der Waals surface area contributed by atoms with Crippen LogP contribution in [-0.4, -0.2) is 26.3 Å². The van der Waals surface area contributed by atoms with E-state index in [4.69, 9.17) is 4.74 Å². The molecule has 0 aromatic carbocycles. The Kier molecular flexibility index (Phi) is 7.52. The van der Waals surface area contributed by atoms with E-state index in [0.29, 0.717) is 12.7 Å². The van der Waals surface area contributed by atoms with E-state index in [-0.39, 0.29) is 0 Å². The van der Waals surface area contributed by atoms with Crippen LogP contribution >= 0.6 is 0 Å². The fraction of sp³-hybridized carbons (Fsp3) is 0.778. The molecule has 0 heterocycles. The SMILES string of the molecule is C=CCOC(C)CCCNC. The third-order valence-corrected chi connectivity index (χ3v) is 1.54. The van der Waals surface area contributed by atoms with Crippen molar-refractivity contribution in [2.24, 2.45) is 0 Å². The first-order valence-electron chi connectivity index (χ1n) is 4.18. The van der Waals surface area contributed by atoms with Crippen LogP contribution in [0, 0.1) is 0 Å². The largest absolute Gasteiger partial charge is 0.374 e. The van der Waals surface area contributed by atoms with E-state index in [1.165, 1.54) is 6.42 Å². The molecule has 2 nitrogen and oxygen atoms in total. The van der Waals surface area contributed by atoms with Crippen LogP contribution < -0.4 is 5.32 Å². The highest BCUT2D eigenvalue weighted by Crippen LogP contribution is 1.99. The van der Waals surface area contributed by atoms with Gasteiger partial charge >= 0.3 is 0 Å². The Bertz CT molecular complexity index is 93.6. The molecule has 0 bridgehead atoms. The second kappa shape index (κ2) is 7.76. The van der Waals surface area contributed by atoms with Crippen LogP contribution in [0.1, 0.15) is 19.8 Å². The summed E-state index contributed by atoms with van der Waals surface area (Å²) >= 11 is 0. The van der Waals surface area contributed by atoms with Gasteiger partial charge in [-0.25, -0.2) is 0 Å². The molecular weight excluding hydrogens is 138 g/mol. The van der Waals surface area contributed by atoms with Gasteiger partial charge in [0.25, 0.3) is 0 Å². The topological polar surface area (TPSA) is 21.3 Å². The molecule has 11 heavy (non-hydrogen) atoms. The Balaban J connectivity index is 3.08. The van der Waals surface area contributed by atoms with E-state index >= 15 is 0 Å². The molecule has 0 rings (SSSR count).